The standard InChI is InChI=1S/C20H25N3O3/c1-23(2)15-14-21-19(24)12-13-20(25)22-16-8-10-18(11-9-16)26-17-6-4-3-5-7-17/h3-11H,12-15H2,1-2H3,(H,21,24)(H,22,25). The quantitative estimate of drug-likeness (QED) is 0.726. The average Bonchev–Trinajstić information content (AvgIpc) is 2.62. The first-order valence-corrected chi connectivity index (χ1v) is 8.57. The number of carbonyl (C=O) groups excluding carboxylic acids is 2. The van der Waals surface area contributed by atoms with Crippen molar-refractivity contribution < 1.29 is 14.3 Å². The third-order valence-electron chi connectivity index (χ3n) is 3.58. The van der Waals surface area contributed by atoms with E-state index in [1.54, 1.807) is 24.3 Å². The van der Waals surface area contributed by atoms with Crippen molar-refractivity contribution in [1.82, 2.24) is 10.2 Å². The summed E-state index contributed by atoms with van der Waals surface area (Å²) in [5, 5.41) is 5.57. The lowest BCUT2D eigenvalue weighted by atomic mass is 10.2. The Morgan fingerprint density at radius 2 is 1.50 bits per heavy atom. The SMILES string of the molecule is CN(C)CCNC(=O)CCC(=O)Nc1ccc(Oc2ccccc2)cc1. The van der Waals surface area contributed by atoms with Gasteiger partial charge in [-0.1, -0.05) is 18.2 Å². The molecule has 0 saturated carbocycles. The molecule has 0 aliphatic heterocycles. The van der Waals surface area contributed by atoms with Gasteiger partial charge in [0.2, 0.25) is 11.8 Å². The van der Waals surface area contributed by atoms with Crippen LogP contribution in [-0.4, -0.2) is 43.9 Å². The maximum absolute atomic E-state index is 11.9. The molecule has 0 aliphatic carbocycles. The lowest BCUT2D eigenvalue weighted by Crippen LogP contribution is -2.31. The van der Waals surface area contributed by atoms with Crippen molar-refractivity contribution in [2.24, 2.45) is 0 Å². The highest BCUT2D eigenvalue weighted by Gasteiger charge is 2.07. The molecule has 138 valence electrons. The molecule has 0 saturated heterocycles. The molecule has 0 bridgehead atoms. The molecule has 2 aromatic carbocycles. The monoisotopic (exact) mass is 355 g/mol. The summed E-state index contributed by atoms with van der Waals surface area (Å²) in [4.78, 5) is 25.6. The zero-order valence-corrected chi connectivity index (χ0v) is 15.2. The Hall–Kier alpha value is -2.86. The Kier molecular flexibility index (Phi) is 7.64. The Morgan fingerprint density at radius 1 is 0.885 bits per heavy atom. The largest absolute Gasteiger partial charge is 0.457 e. The van der Waals surface area contributed by atoms with E-state index >= 15 is 0 Å². The Morgan fingerprint density at radius 3 is 2.15 bits per heavy atom. The van der Waals surface area contributed by atoms with Gasteiger partial charge in [0.25, 0.3) is 0 Å². The van der Waals surface area contributed by atoms with Gasteiger partial charge in [0.1, 0.15) is 11.5 Å². The Balaban J connectivity index is 1.72. The van der Waals surface area contributed by atoms with Crippen LogP contribution in [0.4, 0.5) is 5.69 Å². The van der Waals surface area contributed by atoms with Crippen molar-refractivity contribution in [3.8, 4) is 11.5 Å². The summed E-state index contributed by atoms with van der Waals surface area (Å²) in [6, 6.07) is 16.6. The number of hydrogen-bond donors (Lipinski definition) is 2. The fraction of sp³-hybridized carbons (Fsp3) is 0.300. The average molecular weight is 355 g/mol. The molecule has 6 heteroatoms. The van der Waals surface area contributed by atoms with Gasteiger partial charge in [0.05, 0.1) is 0 Å². The molecule has 2 N–H and O–H groups in total. The summed E-state index contributed by atoms with van der Waals surface area (Å²) in [7, 11) is 3.88. The molecule has 2 rings (SSSR count). The highest BCUT2D eigenvalue weighted by molar-refractivity contribution is 5.93. The number of hydrogen-bond acceptors (Lipinski definition) is 4. The molecule has 2 amide bonds. The van der Waals surface area contributed by atoms with Crippen LogP contribution in [0.3, 0.4) is 0 Å². The van der Waals surface area contributed by atoms with Crippen molar-refractivity contribution >= 4 is 17.5 Å². The molecule has 0 atom stereocenters. The number of amides is 2. The third kappa shape index (κ3) is 7.36. The molecule has 0 unspecified atom stereocenters. The van der Waals surface area contributed by atoms with E-state index in [4.69, 9.17) is 4.74 Å². The minimum atomic E-state index is -0.190. The van der Waals surface area contributed by atoms with E-state index < -0.39 is 0 Å². The molecule has 0 fully saturated rings. The zero-order chi connectivity index (χ0) is 18.8. The second-order valence-electron chi connectivity index (χ2n) is 6.14. The van der Waals surface area contributed by atoms with Gasteiger partial charge in [0, 0.05) is 31.6 Å². The number of nitrogens with one attached hydrogen (secondary N) is 2. The van der Waals surface area contributed by atoms with Gasteiger partial charge in [-0.2, -0.15) is 0 Å². The van der Waals surface area contributed by atoms with Gasteiger partial charge < -0.3 is 20.3 Å². The van der Waals surface area contributed by atoms with E-state index in [0.717, 1.165) is 12.3 Å². The zero-order valence-electron chi connectivity index (χ0n) is 15.2. The molecule has 6 nitrogen and oxygen atoms in total. The number of ether oxygens (including phenoxy) is 1. The summed E-state index contributed by atoms with van der Waals surface area (Å²) in [5.41, 5.74) is 0.670. The second-order valence-corrected chi connectivity index (χ2v) is 6.14. The van der Waals surface area contributed by atoms with E-state index in [0.29, 0.717) is 18.0 Å². The normalized spacial score (nSPS) is 10.4. The van der Waals surface area contributed by atoms with Crippen LogP contribution >= 0.6 is 0 Å². The molecule has 0 aromatic heterocycles. The number of likely N-dealkylation sites (N-methyl/N-ethyl adjacent to an activating group) is 1. The number of anilines is 1. The van der Waals surface area contributed by atoms with Crippen molar-refractivity contribution in [3.05, 3.63) is 54.6 Å². The van der Waals surface area contributed by atoms with Gasteiger partial charge in [-0.25, -0.2) is 0 Å². The van der Waals surface area contributed by atoms with Crippen LogP contribution < -0.4 is 15.4 Å². The van der Waals surface area contributed by atoms with E-state index in [2.05, 4.69) is 10.6 Å². The number of nitrogens with zero attached hydrogens (tertiary/aromatic N) is 1. The minimum absolute atomic E-state index is 0.117. The smallest absolute Gasteiger partial charge is 0.224 e. The van der Waals surface area contributed by atoms with Crippen LogP contribution in [0.1, 0.15) is 12.8 Å². The highest BCUT2D eigenvalue weighted by Crippen LogP contribution is 2.22. The van der Waals surface area contributed by atoms with E-state index in [-0.39, 0.29) is 24.7 Å². The van der Waals surface area contributed by atoms with Crippen LogP contribution in [0, 0.1) is 0 Å². The number of carbonyl (C=O) groups is 2. The summed E-state index contributed by atoms with van der Waals surface area (Å²) in [6.45, 7) is 1.35. The van der Waals surface area contributed by atoms with Crippen LogP contribution in [0.5, 0.6) is 11.5 Å². The van der Waals surface area contributed by atoms with Gasteiger partial charge >= 0.3 is 0 Å². The highest BCUT2D eigenvalue weighted by atomic mass is 16.5. The maximum Gasteiger partial charge on any atom is 0.224 e. The van der Waals surface area contributed by atoms with Crippen molar-refractivity contribution in [2.75, 3.05) is 32.5 Å². The molecular formula is C20H25N3O3. The van der Waals surface area contributed by atoms with Gasteiger partial charge in [-0.3, -0.25) is 9.59 Å². The first-order valence-electron chi connectivity index (χ1n) is 8.57. The first kappa shape index (κ1) is 19.5. The molecule has 2 aromatic rings. The van der Waals surface area contributed by atoms with Gasteiger partial charge in [0.15, 0.2) is 0 Å². The van der Waals surface area contributed by atoms with E-state index in [1.807, 2.05) is 49.3 Å². The molecule has 0 radical (unpaired) electrons. The van der Waals surface area contributed by atoms with Crippen molar-refractivity contribution in [3.63, 3.8) is 0 Å². The van der Waals surface area contributed by atoms with Crippen molar-refractivity contribution in [2.45, 2.75) is 12.8 Å². The number of rotatable bonds is 9. The maximum atomic E-state index is 11.9. The van der Waals surface area contributed by atoms with Crippen LogP contribution in [0.25, 0.3) is 0 Å². The lowest BCUT2D eigenvalue weighted by Gasteiger charge is -2.10. The summed E-state index contributed by atoms with van der Waals surface area (Å²) in [5.74, 6) is 1.14. The first-order chi connectivity index (χ1) is 12.5. The molecular weight excluding hydrogens is 330 g/mol. The predicted molar refractivity (Wildman–Crippen MR) is 102 cm³/mol. The van der Waals surface area contributed by atoms with E-state index in [9.17, 15) is 9.59 Å². The molecule has 26 heavy (non-hydrogen) atoms. The summed E-state index contributed by atoms with van der Waals surface area (Å²) < 4.78 is 5.70. The fourth-order valence-corrected chi connectivity index (χ4v) is 2.19. The Bertz CT molecular complexity index is 700. The predicted octanol–water partition coefficient (Wildman–Crippen LogP) is 2.88. The van der Waals surface area contributed by atoms with Crippen LogP contribution in [-0.2, 0) is 9.59 Å². The third-order valence-corrected chi connectivity index (χ3v) is 3.58. The second kappa shape index (κ2) is 10.2. The van der Waals surface area contributed by atoms with Crippen LogP contribution in [0.15, 0.2) is 54.6 Å². The topological polar surface area (TPSA) is 70.7 Å². The van der Waals surface area contributed by atoms with Gasteiger partial charge in [-0.15, -0.1) is 0 Å². The van der Waals surface area contributed by atoms with Gasteiger partial charge in [-0.05, 0) is 50.5 Å². The summed E-state index contributed by atoms with van der Waals surface area (Å²) >= 11 is 0. The minimum Gasteiger partial charge on any atom is -0.457 e. The Labute approximate surface area is 154 Å². The van der Waals surface area contributed by atoms with Crippen molar-refractivity contribution in [1.29, 1.82) is 0 Å². The van der Waals surface area contributed by atoms with Crippen LogP contribution in [0.2, 0.25) is 0 Å². The molecule has 0 spiro atoms. The fourth-order valence-electron chi connectivity index (χ4n) is 2.19. The number of para-hydroxylation sites is 1. The lowest BCUT2D eigenvalue weighted by molar-refractivity contribution is -0.124. The molecule has 0 aliphatic rings. The summed E-state index contributed by atoms with van der Waals surface area (Å²) in [6.07, 6.45) is 0.324. The van der Waals surface area contributed by atoms with E-state index in [1.165, 1.54) is 0 Å². The molecule has 0 heterocycles. The number of benzene rings is 2.